The minimum atomic E-state index is -1.38. The van der Waals surface area contributed by atoms with Crippen LogP contribution < -0.4 is 21.5 Å². The first kappa shape index (κ1) is 25.7. The molecular formula is C23H23N5O8. The molecule has 0 aliphatic rings. The number of nitrogens with zero attached hydrogens (tertiary/aromatic N) is 2. The summed E-state index contributed by atoms with van der Waals surface area (Å²) in [6.45, 7) is -0.260. The smallest absolute Gasteiger partial charge is 0.326 e. The zero-order valence-electron chi connectivity index (χ0n) is 18.8. The molecule has 0 spiro atoms. The van der Waals surface area contributed by atoms with Crippen LogP contribution in [0.3, 0.4) is 0 Å². The van der Waals surface area contributed by atoms with Crippen molar-refractivity contribution in [3.8, 4) is 0 Å². The predicted octanol–water partition coefficient (Wildman–Crippen LogP) is 0.644. The molecule has 13 nitrogen and oxygen atoms in total. The molecule has 3 aromatic rings. The number of carboxylic acid groups (broad SMARTS) is 3. The van der Waals surface area contributed by atoms with Crippen molar-refractivity contribution in [1.29, 1.82) is 0 Å². The Morgan fingerprint density at radius 3 is 2.33 bits per heavy atom. The molecule has 3 rings (SSSR count). The maximum atomic E-state index is 12.5. The SMILES string of the molecule is Nc1nc2ccc(CN(CC(=O)O)c3ccc(C(=O)NC(CCC(=O)O)C(=O)O)cc3)cc2c(=O)[nH]1. The van der Waals surface area contributed by atoms with Gasteiger partial charge in [-0.1, -0.05) is 6.07 Å². The Kier molecular flexibility index (Phi) is 7.84. The van der Waals surface area contributed by atoms with Crippen molar-refractivity contribution < 1.29 is 34.5 Å². The van der Waals surface area contributed by atoms with Gasteiger partial charge < -0.3 is 31.3 Å². The zero-order valence-corrected chi connectivity index (χ0v) is 18.8. The van der Waals surface area contributed by atoms with Gasteiger partial charge in [0.2, 0.25) is 5.95 Å². The maximum Gasteiger partial charge on any atom is 0.326 e. The summed E-state index contributed by atoms with van der Waals surface area (Å²) in [5.41, 5.74) is 6.71. The standard InChI is InChI=1S/C23H23N5O8/c24-23-26-16-6-1-12(9-15(16)21(34)27-23)10-28(11-19(31)32)14-4-2-13(3-5-14)20(33)25-17(22(35)36)7-8-18(29)30/h1-6,9,17H,7-8,10-11H2,(H,25,33)(H,29,30)(H,31,32)(H,35,36)(H3,24,26,27,34). The molecule has 1 atom stereocenters. The number of nitrogens with one attached hydrogen (secondary N) is 2. The van der Waals surface area contributed by atoms with Gasteiger partial charge in [-0.15, -0.1) is 0 Å². The number of hydrogen-bond acceptors (Lipinski definition) is 8. The van der Waals surface area contributed by atoms with E-state index in [1.807, 2.05) is 0 Å². The summed E-state index contributed by atoms with van der Waals surface area (Å²) < 4.78 is 0. The highest BCUT2D eigenvalue weighted by Gasteiger charge is 2.22. The molecule has 7 N–H and O–H groups in total. The molecule has 1 amide bonds. The van der Waals surface area contributed by atoms with Crippen molar-refractivity contribution in [2.45, 2.75) is 25.4 Å². The lowest BCUT2D eigenvalue weighted by atomic mass is 10.1. The number of carboxylic acids is 3. The number of hydrogen-bond donors (Lipinski definition) is 6. The quantitative estimate of drug-likeness (QED) is 0.216. The molecule has 1 heterocycles. The van der Waals surface area contributed by atoms with E-state index in [1.54, 1.807) is 18.2 Å². The summed E-state index contributed by atoms with van der Waals surface area (Å²) >= 11 is 0. The number of rotatable bonds is 11. The van der Waals surface area contributed by atoms with Crippen LogP contribution >= 0.6 is 0 Å². The second kappa shape index (κ2) is 11.0. The van der Waals surface area contributed by atoms with Gasteiger partial charge in [0.1, 0.15) is 12.6 Å². The minimum absolute atomic E-state index is 0.0200. The van der Waals surface area contributed by atoms with Crippen LogP contribution in [0.4, 0.5) is 11.6 Å². The molecule has 36 heavy (non-hydrogen) atoms. The third kappa shape index (κ3) is 6.56. The number of aliphatic carboxylic acids is 3. The zero-order chi connectivity index (χ0) is 26.4. The molecule has 0 fully saturated rings. The number of amides is 1. The first-order valence-electron chi connectivity index (χ1n) is 10.6. The number of aromatic nitrogens is 2. The number of aromatic amines is 1. The fourth-order valence-corrected chi connectivity index (χ4v) is 3.51. The number of anilines is 2. The summed E-state index contributed by atoms with van der Waals surface area (Å²) in [5, 5.41) is 29.9. The first-order chi connectivity index (χ1) is 17.0. The summed E-state index contributed by atoms with van der Waals surface area (Å²) in [7, 11) is 0. The van der Waals surface area contributed by atoms with E-state index in [0.717, 1.165) is 0 Å². The van der Waals surface area contributed by atoms with Crippen molar-refractivity contribution in [2.75, 3.05) is 17.2 Å². The molecule has 13 heteroatoms. The normalized spacial score (nSPS) is 11.6. The topological polar surface area (TPSA) is 216 Å². The number of fused-ring (bicyclic) bond motifs is 1. The molecule has 1 aromatic heterocycles. The Bertz CT molecular complexity index is 1370. The van der Waals surface area contributed by atoms with E-state index in [2.05, 4.69) is 15.3 Å². The highest BCUT2D eigenvalue weighted by molar-refractivity contribution is 5.97. The van der Waals surface area contributed by atoms with E-state index in [4.69, 9.17) is 10.8 Å². The number of nitrogen functional groups attached to an aromatic ring is 1. The molecule has 0 saturated heterocycles. The van der Waals surface area contributed by atoms with Crippen LogP contribution in [0.2, 0.25) is 0 Å². The van der Waals surface area contributed by atoms with Crippen molar-refractivity contribution in [2.24, 2.45) is 0 Å². The number of carbonyl (C=O) groups excluding carboxylic acids is 1. The van der Waals surface area contributed by atoms with E-state index >= 15 is 0 Å². The molecule has 0 aliphatic carbocycles. The summed E-state index contributed by atoms with van der Waals surface area (Å²) in [6.07, 6.45) is -0.706. The fraction of sp³-hybridized carbons (Fsp3) is 0.217. The minimum Gasteiger partial charge on any atom is -0.481 e. The first-order valence-corrected chi connectivity index (χ1v) is 10.6. The van der Waals surface area contributed by atoms with E-state index in [-0.39, 0.29) is 31.0 Å². The maximum absolute atomic E-state index is 12.5. The molecule has 0 saturated carbocycles. The van der Waals surface area contributed by atoms with Crippen LogP contribution in [0.15, 0.2) is 47.3 Å². The highest BCUT2D eigenvalue weighted by atomic mass is 16.4. The van der Waals surface area contributed by atoms with Crippen molar-refractivity contribution in [1.82, 2.24) is 15.3 Å². The Morgan fingerprint density at radius 2 is 1.72 bits per heavy atom. The molecule has 1 unspecified atom stereocenters. The van der Waals surface area contributed by atoms with Gasteiger partial charge in [-0.25, -0.2) is 9.78 Å². The van der Waals surface area contributed by atoms with Crippen molar-refractivity contribution >= 4 is 46.4 Å². The summed E-state index contributed by atoms with van der Waals surface area (Å²) in [6, 6.07) is 9.29. The largest absolute Gasteiger partial charge is 0.481 e. The van der Waals surface area contributed by atoms with Crippen LogP contribution in [0.1, 0.15) is 28.8 Å². The number of benzene rings is 2. The fourth-order valence-electron chi connectivity index (χ4n) is 3.51. The van der Waals surface area contributed by atoms with Gasteiger partial charge in [-0.2, -0.15) is 0 Å². The summed E-state index contributed by atoms with van der Waals surface area (Å²) in [5.74, 6) is -4.39. The molecule has 0 aliphatic heterocycles. The van der Waals surface area contributed by atoms with Crippen molar-refractivity contribution in [3.05, 3.63) is 63.9 Å². The second-order valence-corrected chi connectivity index (χ2v) is 7.90. The molecular weight excluding hydrogens is 474 g/mol. The van der Waals surface area contributed by atoms with E-state index in [0.29, 0.717) is 22.2 Å². The van der Waals surface area contributed by atoms with Gasteiger partial charge in [0.15, 0.2) is 0 Å². The predicted molar refractivity (Wildman–Crippen MR) is 128 cm³/mol. The number of H-pyrrole nitrogens is 1. The van der Waals surface area contributed by atoms with Gasteiger partial charge in [0, 0.05) is 24.2 Å². The molecule has 2 aromatic carbocycles. The second-order valence-electron chi connectivity index (χ2n) is 7.90. The summed E-state index contributed by atoms with van der Waals surface area (Å²) in [4.78, 5) is 66.1. The Morgan fingerprint density at radius 1 is 1.03 bits per heavy atom. The molecule has 0 bridgehead atoms. The molecule has 188 valence electrons. The lowest BCUT2D eigenvalue weighted by Gasteiger charge is -2.23. The number of carbonyl (C=O) groups is 4. The monoisotopic (exact) mass is 497 g/mol. The third-order valence-corrected chi connectivity index (χ3v) is 5.23. The third-order valence-electron chi connectivity index (χ3n) is 5.23. The van der Waals surface area contributed by atoms with E-state index in [1.165, 1.54) is 29.2 Å². The van der Waals surface area contributed by atoms with E-state index < -0.39 is 41.8 Å². The van der Waals surface area contributed by atoms with Crippen LogP contribution in [0.5, 0.6) is 0 Å². The van der Waals surface area contributed by atoms with Crippen LogP contribution in [0, 0.1) is 0 Å². The van der Waals surface area contributed by atoms with Gasteiger partial charge >= 0.3 is 17.9 Å². The van der Waals surface area contributed by atoms with Gasteiger partial charge in [-0.3, -0.25) is 24.2 Å². The van der Waals surface area contributed by atoms with Crippen LogP contribution in [0.25, 0.3) is 10.9 Å². The van der Waals surface area contributed by atoms with E-state index in [9.17, 15) is 34.2 Å². The lowest BCUT2D eigenvalue weighted by molar-refractivity contribution is -0.140. The highest BCUT2D eigenvalue weighted by Crippen LogP contribution is 2.20. The Balaban J connectivity index is 1.79. The van der Waals surface area contributed by atoms with Crippen LogP contribution in [-0.2, 0) is 20.9 Å². The van der Waals surface area contributed by atoms with Crippen LogP contribution in [-0.4, -0.2) is 61.7 Å². The van der Waals surface area contributed by atoms with Gasteiger partial charge in [0.05, 0.1) is 10.9 Å². The molecule has 0 radical (unpaired) electrons. The average molecular weight is 497 g/mol. The number of nitrogens with two attached hydrogens (primary N) is 1. The van der Waals surface area contributed by atoms with Crippen molar-refractivity contribution in [3.63, 3.8) is 0 Å². The van der Waals surface area contributed by atoms with Gasteiger partial charge in [-0.05, 0) is 48.4 Å². The average Bonchev–Trinajstić information content (AvgIpc) is 2.81. The Labute approximate surface area is 203 Å². The van der Waals surface area contributed by atoms with Gasteiger partial charge in [0.25, 0.3) is 11.5 Å². The Hall–Kier alpha value is -4.94. The lowest BCUT2D eigenvalue weighted by Crippen LogP contribution is -2.41.